The number of pyridine rings is 1. The number of anilines is 1. The number of methoxy groups -OCH3 is 1. The molecule has 4 nitrogen and oxygen atoms in total. The minimum absolute atomic E-state index is 0.00199. The van der Waals surface area contributed by atoms with E-state index in [9.17, 15) is 13.6 Å². The predicted octanol–water partition coefficient (Wildman–Crippen LogP) is 1.61. The van der Waals surface area contributed by atoms with Crippen LogP contribution in [0.2, 0.25) is 0 Å². The van der Waals surface area contributed by atoms with Gasteiger partial charge < -0.3 is 9.64 Å². The second-order valence-corrected chi connectivity index (χ2v) is 3.76. The number of ether oxygens (including phenoxy) is 1. The van der Waals surface area contributed by atoms with Crippen LogP contribution in [0.4, 0.5) is 14.6 Å². The van der Waals surface area contributed by atoms with Gasteiger partial charge in [-0.1, -0.05) is 6.92 Å². The van der Waals surface area contributed by atoms with Gasteiger partial charge in [0, 0.05) is 19.7 Å². The fraction of sp³-hybridized carbons (Fsp3) is 0.455. The highest BCUT2D eigenvalue weighted by molar-refractivity contribution is 5.72. The molecule has 0 radical (unpaired) electrons. The summed E-state index contributed by atoms with van der Waals surface area (Å²) in [6.45, 7) is 1.89. The van der Waals surface area contributed by atoms with E-state index in [2.05, 4.69) is 9.72 Å². The zero-order valence-electron chi connectivity index (χ0n) is 9.91. The Hall–Kier alpha value is -1.72. The van der Waals surface area contributed by atoms with Gasteiger partial charge in [0.1, 0.15) is 5.82 Å². The van der Waals surface area contributed by atoms with Crippen molar-refractivity contribution in [2.45, 2.75) is 6.92 Å². The number of halogens is 2. The number of rotatable bonds is 4. The van der Waals surface area contributed by atoms with Gasteiger partial charge in [0.25, 0.3) is 0 Å². The van der Waals surface area contributed by atoms with Gasteiger partial charge >= 0.3 is 5.97 Å². The van der Waals surface area contributed by atoms with Gasteiger partial charge in [-0.25, -0.2) is 13.8 Å². The minimum Gasteiger partial charge on any atom is -0.469 e. The molecular formula is C11H14F2N2O2. The van der Waals surface area contributed by atoms with Crippen molar-refractivity contribution in [3.63, 3.8) is 0 Å². The Kier molecular flexibility index (Phi) is 4.37. The average Bonchev–Trinajstić information content (AvgIpc) is 2.27. The van der Waals surface area contributed by atoms with Gasteiger partial charge in [-0.15, -0.1) is 0 Å². The Morgan fingerprint density at radius 2 is 2.24 bits per heavy atom. The Labute approximate surface area is 98.2 Å². The molecule has 94 valence electrons. The van der Waals surface area contributed by atoms with Crippen LogP contribution >= 0.6 is 0 Å². The minimum atomic E-state index is -0.760. The Morgan fingerprint density at radius 1 is 1.59 bits per heavy atom. The molecule has 1 heterocycles. The summed E-state index contributed by atoms with van der Waals surface area (Å²) in [6, 6.07) is 0.752. The molecule has 0 aliphatic heterocycles. The Bertz CT molecular complexity index is 412. The molecule has 0 aromatic carbocycles. The second kappa shape index (κ2) is 5.56. The average molecular weight is 244 g/mol. The van der Waals surface area contributed by atoms with Crippen molar-refractivity contribution in [1.29, 1.82) is 0 Å². The lowest BCUT2D eigenvalue weighted by molar-refractivity contribution is -0.144. The predicted molar refractivity (Wildman–Crippen MR) is 58.6 cm³/mol. The van der Waals surface area contributed by atoms with Crippen molar-refractivity contribution in [3.05, 3.63) is 23.9 Å². The third-order valence-electron chi connectivity index (χ3n) is 2.30. The molecule has 0 bridgehead atoms. The van der Waals surface area contributed by atoms with E-state index >= 15 is 0 Å². The summed E-state index contributed by atoms with van der Waals surface area (Å²) in [5.74, 6) is -2.30. The molecule has 0 aliphatic carbocycles. The number of carbonyl (C=O) groups is 1. The zero-order valence-corrected chi connectivity index (χ0v) is 9.91. The molecule has 0 amide bonds. The molecule has 6 heteroatoms. The number of hydrogen-bond donors (Lipinski definition) is 0. The summed E-state index contributed by atoms with van der Waals surface area (Å²) in [7, 11) is 2.86. The topological polar surface area (TPSA) is 42.4 Å². The van der Waals surface area contributed by atoms with Crippen LogP contribution < -0.4 is 4.90 Å². The van der Waals surface area contributed by atoms with Crippen molar-refractivity contribution in [2.24, 2.45) is 5.92 Å². The molecule has 17 heavy (non-hydrogen) atoms. The lowest BCUT2D eigenvalue weighted by atomic mass is 10.2. The summed E-state index contributed by atoms with van der Waals surface area (Å²) in [4.78, 5) is 16.3. The van der Waals surface area contributed by atoms with Crippen molar-refractivity contribution in [2.75, 3.05) is 25.6 Å². The maximum atomic E-state index is 13.4. The highest BCUT2D eigenvalue weighted by Crippen LogP contribution is 2.16. The summed E-state index contributed by atoms with van der Waals surface area (Å²) in [5.41, 5.74) is 0. The van der Waals surface area contributed by atoms with Crippen LogP contribution in [-0.2, 0) is 9.53 Å². The largest absolute Gasteiger partial charge is 0.469 e. The molecule has 1 aromatic rings. The number of hydrogen-bond acceptors (Lipinski definition) is 4. The zero-order chi connectivity index (χ0) is 13.0. The smallest absolute Gasteiger partial charge is 0.310 e. The second-order valence-electron chi connectivity index (χ2n) is 3.76. The van der Waals surface area contributed by atoms with E-state index in [0.717, 1.165) is 12.3 Å². The van der Waals surface area contributed by atoms with Crippen LogP contribution in [0.3, 0.4) is 0 Å². The van der Waals surface area contributed by atoms with Crippen molar-refractivity contribution in [3.8, 4) is 0 Å². The molecule has 1 atom stereocenters. The molecule has 0 N–H and O–H groups in total. The number of esters is 1. The third-order valence-corrected chi connectivity index (χ3v) is 2.30. The Morgan fingerprint density at radius 3 is 2.76 bits per heavy atom. The molecule has 0 fully saturated rings. The molecule has 1 aromatic heterocycles. The van der Waals surface area contributed by atoms with E-state index in [-0.39, 0.29) is 18.3 Å². The number of carbonyl (C=O) groups excluding carboxylic acids is 1. The molecule has 0 aliphatic rings. The molecule has 0 saturated heterocycles. The molecule has 1 unspecified atom stereocenters. The molecule has 1 rings (SSSR count). The van der Waals surface area contributed by atoms with Crippen LogP contribution in [0.5, 0.6) is 0 Å². The van der Waals surface area contributed by atoms with Crippen LogP contribution in [0.1, 0.15) is 6.92 Å². The number of aromatic nitrogens is 1. The summed E-state index contributed by atoms with van der Waals surface area (Å²) < 4.78 is 30.6. The SMILES string of the molecule is COC(=O)C(C)CN(C)c1ncc(F)cc1F. The van der Waals surface area contributed by atoms with E-state index in [4.69, 9.17) is 0 Å². The first-order chi connectivity index (χ1) is 7.95. The van der Waals surface area contributed by atoms with Crippen LogP contribution in [0.25, 0.3) is 0 Å². The third kappa shape index (κ3) is 3.37. The maximum Gasteiger partial charge on any atom is 0.310 e. The number of nitrogens with zero attached hydrogens (tertiary/aromatic N) is 2. The van der Waals surface area contributed by atoms with Crippen molar-refractivity contribution in [1.82, 2.24) is 4.98 Å². The van der Waals surface area contributed by atoms with E-state index in [1.54, 1.807) is 14.0 Å². The van der Waals surface area contributed by atoms with E-state index in [0.29, 0.717) is 0 Å². The summed E-state index contributed by atoms with van der Waals surface area (Å²) in [5, 5.41) is 0. The lowest BCUT2D eigenvalue weighted by Crippen LogP contribution is -2.30. The van der Waals surface area contributed by atoms with Crippen LogP contribution in [0.15, 0.2) is 12.3 Å². The van der Waals surface area contributed by atoms with Crippen molar-refractivity contribution >= 4 is 11.8 Å². The molecule has 0 saturated carbocycles. The van der Waals surface area contributed by atoms with Gasteiger partial charge in [-0.3, -0.25) is 4.79 Å². The fourth-order valence-electron chi connectivity index (χ4n) is 1.46. The van der Waals surface area contributed by atoms with E-state index in [1.165, 1.54) is 12.0 Å². The fourth-order valence-corrected chi connectivity index (χ4v) is 1.46. The van der Waals surface area contributed by atoms with Crippen LogP contribution in [-0.4, -0.2) is 31.7 Å². The highest BCUT2D eigenvalue weighted by Gasteiger charge is 2.18. The first-order valence-electron chi connectivity index (χ1n) is 5.05. The highest BCUT2D eigenvalue weighted by atomic mass is 19.1. The quantitative estimate of drug-likeness (QED) is 0.754. The normalized spacial score (nSPS) is 12.1. The molecular weight excluding hydrogens is 230 g/mol. The van der Waals surface area contributed by atoms with Gasteiger partial charge in [-0.2, -0.15) is 0 Å². The maximum absolute atomic E-state index is 13.4. The van der Waals surface area contributed by atoms with E-state index in [1.807, 2.05) is 0 Å². The Balaban J connectivity index is 2.76. The van der Waals surface area contributed by atoms with Gasteiger partial charge in [0.2, 0.25) is 0 Å². The van der Waals surface area contributed by atoms with E-state index < -0.39 is 17.6 Å². The van der Waals surface area contributed by atoms with Crippen LogP contribution in [0, 0.1) is 17.6 Å². The van der Waals surface area contributed by atoms with Gasteiger partial charge in [-0.05, 0) is 0 Å². The van der Waals surface area contributed by atoms with Gasteiger partial charge in [0.05, 0.1) is 19.2 Å². The lowest BCUT2D eigenvalue weighted by Gasteiger charge is -2.21. The first-order valence-corrected chi connectivity index (χ1v) is 5.05. The van der Waals surface area contributed by atoms with Crippen molar-refractivity contribution < 1.29 is 18.3 Å². The summed E-state index contributed by atoms with van der Waals surface area (Å²) >= 11 is 0. The summed E-state index contributed by atoms with van der Waals surface area (Å²) in [6.07, 6.45) is 0.928. The standard InChI is InChI=1S/C11H14F2N2O2/c1-7(11(16)17-3)6-15(2)10-9(13)4-8(12)5-14-10/h4-5,7H,6H2,1-3H3. The molecule has 0 spiro atoms. The first kappa shape index (κ1) is 13.3. The van der Waals surface area contributed by atoms with Gasteiger partial charge in [0.15, 0.2) is 11.6 Å². The monoisotopic (exact) mass is 244 g/mol.